The lowest BCUT2D eigenvalue weighted by Crippen LogP contribution is -2.54. The molecule has 1 aliphatic heterocycles. The van der Waals surface area contributed by atoms with E-state index < -0.39 is 5.41 Å². The van der Waals surface area contributed by atoms with Crippen LogP contribution in [0.3, 0.4) is 0 Å². The van der Waals surface area contributed by atoms with E-state index in [0.29, 0.717) is 13.2 Å². The average molecular weight is 282 g/mol. The van der Waals surface area contributed by atoms with Crippen LogP contribution in [0.15, 0.2) is 0 Å². The van der Waals surface area contributed by atoms with Gasteiger partial charge in [-0.25, -0.2) is 0 Å². The number of ether oxygens (including phenoxy) is 1. The van der Waals surface area contributed by atoms with Gasteiger partial charge in [0, 0.05) is 12.1 Å². The van der Waals surface area contributed by atoms with Gasteiger partial charge >= 0.3 is 0 Å². The number of nitrogens with one attached hydrogen (secondary N) is 1. The van der Waals surface area contributed by atoms with Gasteiger partial charge in [0.25, 0.3) is 0 Å². The highest BCUT2D eigenvalue weighted by atomic mass is 16.5. The van der Waals surface area contributed by atoms with Crippen molar-refractivity contribution in [1.29, 1.82) is 0 Å². The molecule has 0 aromatic heterocycles. The third-order valence-electron chi connectivity index (χ3n) is 4.93. The highest BCUT2D eigenvalue weighted by Crippen LogP contribution is 2.45. The van der Waals surface area contributed by atoms with E-state index in [1.807, 2.05) is 6.92 Å². The lowest BCUT2D eigenvalue weighted by Gasteiger charge is -2.45. The number of carbonyl (C=O) groups excluding carboxylic acids is 1. The molecule has 1 heterocycles. The lowest BCUT2D eigenvalue weighted by molar-refractivity contribution is -0.132. The van der Waals surface area contributed by atoms with E-state index in [9.17, 15) is 4.79 Å². The molecule has 4 nitrogen and oxygen atoms in total. The highest BCUT2D eigenvalue weighted by molar-refractivity contribution is 5.83. The first-order valence-electron chi connectivity index (χ1n) is 7.68. The van der Waals surface area contributed by atoms with Crippen molar-refractivity contribution >= 4 is 5.91 Å². The van der Waals surface area contributed by atoms with E-state index in [1.54, 1.807) is 0 Å². The van der Waals surface area contributed by atoms with E-state index >= 15 is 0 Å². The molecule has 0 bridgehead atoms. The quantitative estimate of drug-likeness (QED) is 0.815. The zero-order chi connectivity index (χ0) is 15.2. The number of carbonyl (C=O) groups is 1. The zero-order valence-electron chi connectivity index (χ0n) is 13.6. The van der Waals surface area contributed by atoms with E-state index in [4.69, 9.17) is 10.5 Å². The van der Waals surface area contributed by atoms with Crippen molar-refractivity contribution in [2.45, 2.75) is 66.0 Å². The van der Waals surface area contributed by atoms with Crippen LogP contribution >= 0.6 is 0 Å². The van der Waals surface area contributed by atoms with Crippen molar-refractivity contribution in [3.8, 4) is 0 Å². The smallest absolute Gasteiger partial charge is 0.230 e. The lowest BCUT2D eigenvalue weighted by atomic mass is 9.63. The summed E-state index contributed by atoms with van der Waals surface area (Å²) in [5, 5.41) is 3.24. The number of amides is 1. The van der Waals surface area contributed by atoms with E-state index in [0.717, 1.165) is 12.8 Å². The second kappa shape index (κ2) is 4.99. The summed E-state index contributed by atoms with van der Waals surface area (Å²) in [4.78, 5) is 12.6. The molecule has 0 aromatic rings. The first-order valence-corrected chi connectivity index (χ1v) is 7.68. The van der Waals surface area contributed by atoms with Crippen molar-refractivity contribution in [3.63, 3.8) is 0 Å². The zero-order valence-corrected chi connectivity index (χ0v) is 13.6. The van der Waals surface area contributed by atoms with Crippen LogP contribution in [-0.2, 0) is 9.53 Å². The Morgan fingerprint density at radius 1 is 1.15 bits per heavy atom. The van der Waals surface area contributed by atoms with Crippen molar-refractivity contribution < 1.29 is 9.53 Å². The summed E-state index contributed by atoms with van der Waals surface area (Å²) < 4.78 is 5.38. The molecule has 2 rings (SSSR count). The van der Waals surface area contributed by atoms with Gasteiger partial charge in [-0.05, 0) is 37.0 Å². The van der Waals surface area contributed by atoms with Crippen molar-refractivity contribution in [1.82, 2.24) is 5.32 Å². The molecule has 0 radical (unpaired) electrons. The fraction of sp³-hybridized carbons (Fsp3) is 0.938. The van der Waals surface area contributed by atoms with Crippen LogP contribution in [0.5, 0.6) is 0 Å². The number of hydrogen-bond acceptors (Lipinski definition) is 3. The van der Waals surface area contributed by atoms with Gasteiger partial charge in [0.15, 0.2) is 0 Å². The Hall–Kier alpha value is -0.610. The molecule has 2 fully saturated rings. The Labute approximate surface area is 122 Å². The number of rotatable bonds is 2. The number of hydrogen-bond donors (Lipinski definition) is 2. The summed E-state index contributed by atoms with van der Waals surface area (Å²) in [6, 6.07) is 0.0398. The summed E-state index contributed by atoms with van der Waals surface area (Å²) in [7, 11) is 0. The Bertz CT molecular complexity index is 376. The second-order valence-corrected chi connectivity index (χ2v) is 8.62. The van der Waals surface area contributed by atoms with Crippen LogP contribution in [0.4, 0.5) is 0 Å². The molecule has 1 saturated heterocycles. The fourth-order valence-electron chi connectivity index (χ4n) is 4.22. The minimum absolute atomic E-state index is 0.0565. The van der Waals surface area contributed by atoms with Crippen molar-refractivity contribution in [2.24, 2.45) is 22.0 Å². The third-order valence-corrected chi connectivity index (χ3v) is 4.93. The highest BCUT2D eigenvalue weighted by Gasteiger charge is 2.46. The molecule has 2 unspecified atom stereocenters. The van der Waals surface area contributed by atoms with Crippen LogP contribution in [0, 0.1) is 16.2 Å². The molecule has 2 aliphatic rings. The van der Waals surface area contributed by atoms with Crippen LogP contribution in [0.2, 0.25) is 0 Å². The third kappa shape index (κ3) is 3.17. The molecule has 1 aliphatic carbocycles. The maximum absolute atomic E-state index is 12.6. The van der Waals surface area contributed by atoms with Gasteiger partial charge in [-0.15, -0.1) is 0 Å². The molecule has 20 heavy (non-hydrogen) atoms. The van der Waals surface area contributed by atoms with Gasteiger partial charge in [-0.3, -0.25) is 4.79 Å². The SMILES string of the molecule is CC1(C)CC(NC(=O)C2(C)COCC2N)CC(C)(C)C1. The second-order valence-electron chi connectivity index (χ2n) is 8.62. The van der Waals surface area contributed by atoms with Crippen LogP contribution in [0.1, 0.15) is 53.9 Å². The minimum atomic E-state index is -0.578. The van der Waals surface area contributed by atoms with E-state index in [-0.39, 0.29) is 28.8 Å². The molecule has 4 heteroatoms. The summed E-state index contributed by atoms with van der Waals surface area (Å²) in [5.74, 6) is 0.0565. The van der Waals surface area contributed by atoms with E-state index in [1.165, 1.54) is 6.42 Å². The molecular weight excluding hydrogens is 252 g/mol. The molecule has 2 atom stereocenters. The van der Waals surface area contributed by atoms with Crippen LogP contribution in [-0.4, -0.2) is 31.2 Å². The largest absolute Gasteiger partial charge is 0.379 e. The molecule has 1 amide bonds. The molecule has 0 aromatic carbocycles. The molecule has 1 saturated carbocycles. The summed E-state index contributed by atoms with van der Waals surface area (Å²) in [6.07, 6.45) is 3.27. The van der Waals surface area contributed by atoms with Gasteiger partial charge in [0.05, 0.1) is 18.6 Å². The van der Waals surface area contributed by atoms with Gasteiger partial charge in [0.1, 0.15) is 0 Å². The first kappa shape index (κ1) is 15.8. The minimum Gasteiger partial charge on any atom is -0.379 e. The van der Waals surface area contributed by atoms with E-state index in [2.05, 4.69) is 33.0 Å². The van der Waals surface area contributed by atoms with Gasteiger partial charge in [-0.1, -0.05) is 27.7 Å². The topological polar surface area (TPSA) is 64.3 Å². The Morgan fingerprint density at radius 3 is 2.15 bits per heavy atom. The summed E-state index contributed by atoms with van der Waals surface area (Å²) in [5.41, 5.74) is 6.01. The molecule has 116 valence electrons. The van der Waals surface area contributed by atoms with Crippen molar-refractivity contribution in [3.05, 3.63) is 0 Å². The maximum Gasteiger partial charge on any atom is 0.230 e. The Balaban J connectivity index is 2.04. The van der Waals surface area contributed by atoms with Crippen LogP contribution < -0.4 is 11.1 Å². The fourth-order valence-corrected chi connectivity index (χ4v) is 4.22. The van der Waals surface area contributed by atoms with Gasteiger partial charge < -0.3 is 15.8 Å². The normalized spacial score (nSPS) is 36.8. The number of nitrogens with two attached hydrogens (primary N) is 1. The Kier molecular flexibility index (Phi) is 3.93. The summed E-state index contributed by atoms with van der Waals surface area (Å²) >= 11 is 0. The molecule has 3 N–H and O–H groups in total. The van der Waals surface area contributed by atoms with Gasteiger partial charge in [0.2, 0.25) is 5.91 Å². The first-order chi connectivity index (χ1) is 9.04. The monoisotopic (exact) mass is 282 g/mol. The predicted molar refractivity (Wildman–Crippen MR) is 80.2 cm³/mol. The standard InChI is InChI=1S/C16H30N2O2/c1-14(2)6-11(7-15(3,4)9-14)18-13(19)16(5)10-20-8-12(16)17/h11-12H,6-10,17H2,1-5H3,(H,18,19). The van der Waals surface area contributed by atoms with Crippen molar-refractivity contribution in [2.75, 3.05) is 13.2 Å². The predicted octanol–water partition coefficient (Wildman–Crippen LogP) is 2.07. The van der Waals surface area contributed by atoms with Crippen LogP contribution in [0.25, 0.3) is 0 Å². The maximum atomic E-state index is 12.6. The Morgan fingerprint density at radius 2 is 1.70 bits per heavy atom. The average Bonchev–Trinajstić information content (AvgIpc) is 2.55. The summed E-state index contributed by atoms with van der Waals surface area (Å²) in [6.45, 7) is 12.0. The van der Waals surface area contributed by atoms with Gasteiger partial charge in [-0.2, -0.15) is 0 Å². The molecular formula is C16H30N2O2. The molecule has 0 spiro atoms.